The molecule has 0 amide bonds. The first-order valence-electron chi connectivity index (χ1n) is 7.44. The van der Waals surface area contributed by atoms with Crippen molar-refractivity contribution in [3.05, 3.63) is 34.9 Å². The highest BCUT2D eigenvalue weighted by molar-refractivity contribution is 5.34. The maximum atomic E-state index is 2.47. The monoisotopic (exact) mass is 230 g/mol. The van der Waals surface area contributed by atoms with Crippen molar-refractivity contribution in [1.82, 2.24) is 0 Å². The molecule has 0 heteroatoms. The number of aryl methyl sites for hydroxylation is 2. The molecular formula is C17H26. The molecule has 1 aliphatic carbocycles. The van der Waals surface area contributed by atoms with Gasteiger partial charge in [0.25, 0.3) is 0 Å². The van der Waals surface area contributed by atoms with Gasteiger partial charge in [-0.1, -0.05) is 57.7 Å². The Morgan fingerprint density at radius 1 is 1.12 bits per heavy atom. The Morgan fingerprint density at radius 2 is 2.00 bits per heavy atom. The average molecular weight is 230 g/mol. The molecule has 1 atom stereocenters. The Kier molecular flexibility index (Phi) is 4.65. The summed E-state index contributed by atoms with van der Waals surface area (Å²) >= 11 is 0. The number of fused-ring (bicyclic) bond motifs is 1. The van der Waals surface area contributed by atoms with Gasteiger partial charge in [-0.3, -0.25) is 0 Å². The fourth-order valence-electron chi connectivity index (χ4n) is 3.07. The van der Waals surface area contributed by atoms with Crippen LogP contribution in [0, 0.1) is 5.92 Å². The number of hydrogen-bond acceptors (Lipinski definition) is 0. The number of unbranched alkanes of at least 4 members (excludes halogenated alkanes) is 1. The highest BCUT2D eigenvalue weighted by Gasteiger charge is 2.18. The van der Waals surface area contributed by atoms with Crippen molar-refractivity contribution in [1.29, 1.82) is 0 Å². The van der Waals surface area contributed by atoms with Crippen LogP contribution in [0.4, 0.5) is 0 Å². The molecule has 0 spiro atoms. The van der Waals surface area contributed by atoms with Crippen molar-refractivity contribution in [2.45, 2.75) is 65.2 Å². The maximum Gasteiger partial charge on any atom is -0.0248 e. The lowest BCUT2D eigenvalue weighted by Crippen LogP contribution is -2.14. The van der Waals surface area contributed by atoms with Crippen LogP contribution in [-0.2, 0) is 19.3 Å². The molecule has 0 heterocycles. The summed E-state index contributed by atoms with van der Waals surface area (Å²) in [5.41, 5.74) is 4.82. The molecule has 0 saturated carbocycles. The minimum Gasteiger partial charge on any atom is -0.0654 e. The van der Waals surface area contributed by atoms with E-state index in [1.165, 1.54) is 51.4 Å². The molecule has 0 aliphatic heterocycles. The van der Waals surface area contributed by atoms with E-state index in [0.29, 0.717) is 0 Å². The van der Waals surface area contributed by atoms with E-state index in [2.05, 4.69) is 32.0 Å². The zero-order chi connectivity index (χ0) is 12.1. The Hall–Kier alpha value is -0.780. The van der Waals surface area contributed by atoms with Gasteiger partial charge in [-0.15, -0.1) is 0 Å². The summed E-state index contributed by atoms with van der Waals surface area (Å²) < 4.78 is 0. The van der Waals surface area contributed by atoms with E-state index in [1.807, 2.05) is 0 Å². The van der Waals surface area contributed by atoms with Gasteiger partial charge in [-0.2, -0.15) is 0 Å². The lowest BCUT2D eigenvalue weighted by atomic mass is 9.81. The first-order chi connectivity index (χ1) is 8.33. The first kappa shape index (κ1) is 12.7. The van der Waals surface area contributed by atoms with Crippen molar-refractivity contribution < 1.29 is 0 Å². The van der Waals surface area contributed by atoms with E-state index in [1.54, 1.807) is 16.7 Å². The molecular weight excluding hydrogens is 204 g/mol. The van der Waals surface area contributed by atoms with Gasteiger partial charge in [0, 0.05) is 0 Å². The normalized spacial score (nSPS) is 19.1. The smallest absolute Gasteiger partial charge is 0.0248 e. The molecule has 0 radical (unpaired) electrons. The van der Waals surface area contributed by atoms with Crippen molar-refractivity contribution in [3.8, 4) is 0 Å². The van der Waals surface area contributed by atoms with Crippen molar-refractivity contribution in [3.63, 3.8) is 0 Å². The number of hydrogen-bond donors (Lipinski definition) is 0. The molecule has 0 N–H and O–H groups in total. The lowest BCUT2D eigenvalue weighted by Gasteiger charge is -2.25. The Labute approximate surface area is 106 Å². The molecule has 1 aromatic rings. The van der Waals surface area contributed by atoms with Crippen molar-refractivity contribution in [2.24, 2.45) is 5.92 Å². The van der Waals surface area contributed by atoms with Gasteiger partial charge in [0.05, 0.1) is 0 Å². The fraction of sp³-hybridized carbons (Fsp3) is 0.647. The molecule has 2 rings (SSSR count). The summed E-state index contributed by atoms with van der Waals surface area (Å²) in [6, 6.07) is 7.22. The summed E-state index contributed by atoms with van der Waals surface area (Å²) in [6.45, 7) is 4.56. The maximum absolute atomic E-state index is 2.47. The lowest BCUT2D eigenvalue weighted by molar-refractivity contribution is 0.413. The second kappa shape index (κ2) is 6.23. The zero-order valence-corrected chi connectivity index (χ0v) is 11.5. The van der Waals surface area contributed by atoms with Gasteiger partial charge in [-0.25, -0.2) is 0 Å². The molecule has 0 nitrogen and oxygen atoms in total. The third-order valence-electron chi connectivity index (χ3n) is 4.11. The van der Waals surface area contributed by atoms with Crippen molar-refractivity contribution >= 4 is 0 Å². The van der Waals surface area contributed by atoms with Crippen LogP contribution in [0.25, 0.3) is 0 Å². The predicted octanol–water partition coefficient (Wildman–Crippen LogP) is 4.93. The summed E-state index contributed by atoms with van der Waals surface area (Å²) in [5.74, 6) is 0.958. The van der Waals surface area contributed by atoms with Crippen LogP contribution in [-0.4, -0.2) is 0 Å². The SMILES string of the molecule is CCCCC1CCc2cc(CCC)ccc2C1. The van der Waals surface area contributed by atoms with Gasteiger partial charge in [-0.05, 0) is 48.3 Å². The van der Waals surface area contributed by atoms with Gasteiger partial charge >= 0.3 is 0 Å². The zero-order valence-electron chi connectivity index (χ0n) is 11.5. The van der Waals surface area contributed by atoms with E-state index < -0.39 is 0 Å². The van der Waals surface area contributed by atoms with Crippen LogP contribution in [0.2, 0.25) is 0 Å². The molecule has 0 aromatic heterocycles. The summed E-state index contributed by atoms with van der Waals surface area (Å²) in [4.78, 5) is 0. The van der Waals surface area contributed by atoms with E-state index >= 15 is 0 Å². The molecule has 0 saturated heterocycles. The Morgan fingerprint density at radius 3 is 2.76 bits per heavy atom. The van der Waals surface area contributed by atoms with Crippen LogP contribution in [0.15, 0.2) is 18.2 Å². The van der Waals surface area contributed by atoms with Crippen LogP contribution < -0.4 is 0 Å². The minimum atomic E-state index is 0.958. The summed E-state index contributed by atoms with van der Waals surface area (Å²) in [6.07, 6.45) is 10.8. The van der Waals surface area contributed by atoms with Crippen molar-refractivity contribution in [2.75, 3.05) is 0 Å². The molecule has 0 fully saturated rings. The largest absolute Gasteiger partial charge is 0.0654 e. The van der Waals surface area contributed by atoms with Crippen LogP contribution in [0.5, 0.6) is 0 Å². The number of rotatable bonds is 5. The number of benzene rings is 1. The molecule has 94 valence electrons. The minimum absolute atomic E-state index is 0.958. The Balaban J connectivity index is 2.01. The van der Waals surface area contributed by atoms with E-state index in [-0.39, 0.29) is 0 Å². The third kappa shape index (κ3) is 3.34. The van der Waals surface area contributed by atoms with Crippen LogP contribution >= 0.6 is 0 Å². The van der Waals surface area contributed by atoms with Gasteiger partial charge < -0.3 is 0 Å². The molecule has 17 heavy (non-hydrogen) atoms. The fourth-order valence-corrected chi connectivity index (χ4v) is 3.07. The molecule has 1 unspecified atom stereocenters. The second-order valence-electron chi connectivity index (χ2n) is 5.60. The highest BCUT2D eigenvalue weighted by atomic mass is 14.2. The summed E-state index contributed by atoms with van der Waals surface area (Å²) in [5, 5.41) is 0. The van der Waals surface area contributed by atoms with Crippen LogP contribution in [0.1, 0.15) is 62.6 Å². The molecule has 1 aromatic carbocycles. The van der Waals surface area contributed by atoms with Crippen LogP contribution in [0.3, 0.4) is 0 Å². The van der Waals surface area contributed by atoms with Gasteiger partial charge in [0.15, 0.2) is 0 Å². The van der Waals surface area contributed by atoms with E-state index in [4.69, 9.17) is 0 Å². The molecule has 0 bridgehead atoms. The summed E-state index contributed by atoms with van der Waals surface area (Å²) in [7, 11) is 0. The standard InChI is InChI=1S/C17H26/c1-3-5-7-15-9-11-16-12-14(6-4-2)8-10-17(16)13-15/h8,10,12,15H,3-7,9,11,13H2,1-2H3. The third-order valence-corrected chi connectivity index (χ3v) is 4.11. The average Bonchev–Trinajstić information content (AvgIpc) is 2.36. The predicted molar refractivity (Wildman–Crippen MR) is 75.5 cm³/mol. The second-order valence-corrected chi connectivity index (χ2v) is 5.60. The van der Waals surface area contributed by atoms with Gasteiger partial charge in [0.1, 0.15) is 0 Å². The van der Waals surface area contributed by atoms with E-state index in [9.17, 15) is 0 Å². The van der Waals surface area contributed by atoms with E-state index in [0.717, 1.165) is 5.92 Å². The Bertz CT molecular complexity index is 351. The first-order valence-corrected chi connectivity index (χ1v) is 7.44. The quantitative estimate of drug-likeness (QED) is 0.672. The highest BCUT2D eigenvalue weighted by Crippen LogP contribution is 2.29. The molecule has 1 aliphatic rings. The topological polar surface area (TPSA) is 0 Å². The van der Waals surface area contributed by atoms with Gasteiger partial charge in [0.2, 0.25) is 0 Å².